The van der Waals surface area contributed by atoms with Crippen LogP contribution in [-0.4, -0.2) is 20.6 Å². The lowest BCUT2D eigenvalue weighted by atomic mass is 10.1. The van der Waals surface area contributed by atoms with E-state index in [2.05, 4.69) is 11.9 Å². The average molecular weight is 357 g/mol. The number of hydrogen-bond donors (Lipinski definition) is 1. The van der Waals surface area contributed by atoms with Gasteiger partial charge in [0.15, 0.2) is 0 Å². The Balaban J connectivity index is 2.24. The summed E-state index contributed by atoms with van der Waals surface area (Å²) < 4.78 is 1.35. The fourth-order valence-electron chi connectivity index (χ4n) is 2.76. The summed E-state index contributed by atoms with van der Waals surface area (Å²) in [4.78, 5) is 28.0. The fraction of sp³-hybridized carbons (Fsp3) is 0.211. The van der Waals surface area contributed by atoms with E-state index in [0.29, 0.717) is 16.2 Å². The van der Waals surface area contributed by atoms with Crippen molar-refractivity contribution < 1.29 is 9.90 Å². The van der Waals surface area contributed by atoms with Gasteiger partial charge >= 0.3 is 5.97 Å². The van der Waals surface area contributed by atoms with Gasteiger partial charge in [-0.15, -0.1) is 0 Å². The topological polar surface area (TPSA) is 72.2 Å². The predicted octanol–water partition coefficient (Wildman–Crippen LogP) is 4.08. The molecule has 1 heterocycles. The lowest BCUT2D eigenvalue weighted by molar-refractivity contribution is 0.0688. The first-order chi connectivity index (χ1) is 12.0. The van der Waals surface area contributed by atoms with Crippen molar-refractivity contribution in [3.63, 3.8) is 0 Å². The van der Waals surface area contributed by atoms with Crippen LogP contribution in [0.2, 0.25) is 5.02 Å². The highest BCUT2D eigenvalue weighted by Crippen LogP contribution is 2.23. The maximum absolute atomic E-state index is 12.7. The van der Waals surface area contributed by atoms with E-state index in [1.807, 2.05) is 24.3 Å². The van der Waals surface area contributed by atoms with E-state index in [9.17, 15) is 14.7 Å². The van der Waals surface area contributed by atoms with Gasteiger partial charge in [-0.2, -0.15) is 0 Å². The minimum atomic E-state index is -1.37. The van der Waals surface area contributed by atoms with Crippen LogP contribution in [0.25, 0.3) is 16.7 Å². The number of aromatic nitrogens is 2. The van der Waals surface area contributed by atoms with Gasteiger partial charge in [0.25, 0.3) is 5.56 Å². The summed E-state index contributed by atoms with van der Waals surface area (Å²) in [5.74, 6) is -1.37. The number of para-hydroxylation sites is 1. The van der Waals surface area contributed by atoms with Crippen molar-refractivity contribution in [1.29, 1.82) is 0 Å². The van der Waals surface area contributed by atoms with Gasteiger partial charge in [-0.1, -0.05) is 43.1 Å². The average Bonchev–Trinajstić information content (AvgIpc) is 2.60. The Labute approximate surface area is 149 Å². The molecule has 0 spiro atoms. The number of nitrogens with zero attached hydrogens (tertiary/aromatic N) is 2. The van der Waals surface area contributed by atoms with E-state index < -0.39 is 17.2 Å². The summed E-state index contributed by atoms with van der Waals surface area (Å²) in [6.45, 7) is 2.13. The summed E-state index contributed by atoms with van der Waals surface area (Å²) in [5, 5.41) is 9.61. The molecule has 3 rings (SSSR count). The molecule has 0 saturated carbocycles. The molecule has 0 fully saturated rings. The second kappa shape index (κ2) is 7.07. The lowest BCUT2D eigenvalue weighted by Crippen LogP contribution is -2.27. The van der Waals surface area contributed by atoms with E-state index in [-0.39, 0.29) is 5.52 Å². The lowest BCUT2D eigenvalue weighted by Gasteiger charge is -2.12. The van der Waals surface area contributed by atoms with Crippen molar-refractivity contribution in [2.45, 2.75) is 26.2 Å². The number of carbonyl (C=O) groups is 1. The standard InChI is InChI=1S/C19H17ClN2O3/c1-2-3-5-12-8-10-13(11-9-12)22-15-7-4-6-14(20)16(15)21-17(18(22)23)19(24)25/h4,6-11H,2-3,5H2,1H3,(H,24,25). The van der Waals surface area contributed by atoms with Gasteiger partial charge < -0.3 is 5.11 Å². The summed E-state index contributed by atoms with van der Waals surface area (Å²) in [7, 11) is 0. The fourth-order valence-corrected chi connectivity index (χ4v) is 2.97. The molecule has 128 valence electrons. The Morgan fingerprint density at radius 1 is 1.20 bits per heavy atom. The Morgan fingerprint density at radius 2 is 1.92 bits per heavy atom. The number of unbranched alkanes of at least 4 members (excludes halogenated alkanes) is 1. The maximum Gasteiger partial charge on any atom is 0.360 e. The van der Waals surface area contributed by atoms with E-state index >= 15 is 0 Å². The van der Waals surface area contributed by atoms with Crippen molar-refractivity contribution >= 4 is 28.6 Å². The molecule has 5 nitrogen and oxygen atoms in total. The Hall–Kier alpha value is -2.66. The number of fused-ring (bicyclic) bond motifs is 1. The van der Waals surface area contributed by atoms with Crippen LogP contribution in [-0.2, 0) is 6.42 Å². The first-order valence-corrected chi connectivity index (χ1v) is 8.44. The predicted molar refractivity (Wildman–Crippen MR) is 97.9 cm³/mol. The van der Waals surface area contributed by atoms with Crippen LogP contribution in [0.3, 0.4) is 0 Å². The van der Waals surface area contributed by atoms with Crippen molar-refractivity contribution in [1.82, 2.24) is 9.55 Å². The van der Waals surface area contributed by atoms with E-state index in [0.717, 1.165) is 19.3 Å². The summed E-state index contributed by atoms with van der Waals surface area (Å²) in [5.41, 5.74) is 1.30. The maximum atomic E-state index is 12.7. The SMILES string of the molecule is CCCCc1ccc(-n2c(=O)c(C(=O)O)nc3c(Cl)cccc32)cc1. The number of benzene rings is 2. The summed E-state index contributed by atoms with van der Waals surface area (Å²) >= 11 is 6.16. The first kappa shape index (κ1) is 17.2. The first-order valence-electron chi connectivity index (χ1n) is 8.06. The molecule has 0 aliphatic heterocycles. The van der Waals surface area contributed by atoms with Crippen molar-refractivity contribution in [3.05, 3.63) is 69.1 Å². The largest absolute Gasteiger partial charge is 0.476 e. The Morgan fingerprint density at radius 3 is 2.56 bits per heavy atom. The smallest absolute Gasteiger partial charge is 0.360 e. The summed E-state index contributed by atoms with van der Waals surface area (Å²) in [6.07, 6.45) is 3.17. The molecule has 6 heteroatoms. The highest BCUT2D eigenvalue weighted by atomic mass is 35.5. The van der Waals surface area contributed by atoms with Gasteiger partial charge in [-0.05, 0) is 42.7 Å². The van der Waals surface area contributed by atoms with Crippen LogP contribution >= 0.6 is 11.6 Å². The molecule has 1 N–H and O–H groups in total. The van der Waals surface area contributed by atoms with E-state index in [4.69, 9.17) is 11.6 Å². The monoisotopic (exact) mass is 356 g/mol. The third kappa shape index (κ3) is 3.28. The van der Waals surface area contributed by atoms with Crippen LogP contribution in [0, 0.1) is 0 Å². The molecule has 0 aliphatic rings. The quantitative estimate of drug-likeness (QED) is 0.747. The van der Waals surface area contributed by atoms with Crippen molar-refractivity contribution in [3.8, 4) is 5.69 Å². The molecule has 25 heavy (non-hydrogen) atoms. The zero-order chi connectivity index (χ0) is 18.0. The zero-order valence-corrected chi connectivity index (χ0v) is 14.5. The van der Waals surface area contributed by atoms with Crippen molar-refractivity contribution in [2.75, 3.05) is 0 Å². The number of aryl methyl sites for hydroxylation is 1. The minimum Gasteiger partial charge on any atom is -0.476 e. The van der Waals surface area contributed by atoms with Crippen LogP contribution in [0.1, 0.15) is 35.8 Å². The Bertz CT molecular complexity index is 994. The van der Waals surface area contributed by atoms with Crippen LogP contribution in [0.5, 0.6) is 0 Å². The van der Waals surface area contributed by atoms with E-state index in [1.54, 1.807) is 18.2 Å². The molecular weight excluding hydrogens is 340 g/mol. The number of carboxylic acids is 1. The van der Waals surface area contributed by atoms with Gasteiger partial charge in [0.05, 0.1) is 10.5 Å². The second-order valence-electron chi connectivity index (χ2n) is 5.78. The van der Waals surface area contributed by atoms with Gasteiger partial charge in [0.1, 0.15) is 5.52 Å². The van der Waals surface area contributed by atoms with Crippen LogP contribution < -0.4 is 5.56 Å². The third-order valence-electron chi connectivity index (χ3n) is 4.05. The van der Waals surface area contributed by atoms with Crippen LogP contribution in [0.15, 0.2) is 47.3 Å². The molecule has 0 saturated heterocycles. The molecule has 3 aromatic rings. The minimum absolute atomic E-state index is 0.288. The van der Waals surface area contributed by atoms with Crippen LogP contribution in [0.4, 0.5) is 0 Å². The molecule has 0 aliphatic carbocycles. The molecule has 0 bridgehead atoms. The van der Waals surface area contributed by atoms with E-state index in [1.165, 1.54) is 10.1 Å². The number of aromatic carboxylic acids is 1. The van der Waals surface area contributed by atoms with Gasteiger partial charge in [-0.3, -0.25) is 9.36 Å². The highest BCUT2D eigenvalue weighted by Gasteiger charge is 2.18. The van der Waals surface area contributed by atoms with Crippen molar-refractivity contribution in [2.24, 2.45) is 0 Å². The molecule has 0 atom stereocenters. The molecule has 2 aromatic carbocycles. The summed E-state index contributed by atoms with van der Waals surface area (Å²) in [6, 6.07) is 12.6. The molecule has 1 aromatic heterocycles. The Kier molecular flexibility index (Phi) is 4.86. The number of carboxylic acid groups (broad SMARTS) is 1. The molecule has 0 unspecified atom stereocenters. The van der Waals surface area contributed by atoms with Gasteiger partial charge in [0, 0.05) is 5.69 Å². The number of hydrogen-bond acceptors (Lipinski definition) is 3. The normalized spacial score (nSPS) is 11.0. The second-order valence-corrected chi connectivity index (χ2v) is 6.19. The van der Waals surface area contributed by atoms with Gasteiger partial charge in [0.2, 0.25) is 5.69 Å². The molecular formula is C19H17ClN2O3. The highest BCUT2D eigenvalue weighted by molar-refractivity contribution is 6.34. The number of rotatable bonds is 5. The third-order valence-corrected chi connectivity index (χ3v) is 4.36. The molecule has 0 radical (unpaired) electrons. The molecule has 0 amide bonds. The number of halogens is 1. The van der Waals surface area contributed by atoms with Gasteiger partial charge in [-0.25, -0.2) is 9.78 Å². The zero-order valence-electron chi connectivity index (χ0n) is 13.7.